The fourth-order valence-corrected chi connectivity index (χ4v) is 5.08. The maximum absolute atomic E-state index is 13.9. The van der Waals surface area contributed by atoms with Gasteiger partial charge in [-0.1, -0.05) is 36.4 Å². The van der Waals surface area contributed by atoms with Crippen molar-refractivity contribution in [3.05, 3.63) is 81.3 Å². The van der Waals surface area contributed by atoms with Gasteiger partial charge in [0, 0.05) is 18.8 Å². The van der Waals surface area contributed by atoms with Crippen molar-refractivity contribution in [2.75, 3.05) is 18.1 Å². The number of benzene rings is 2. The molecule has 2 heterocycles. The quantitative estimate of drug-likeness (QED) is 0.452. The molecule has 190 valence electrons. The Hall–Kier alpha value is -3.24. The first-order valence-corrected chi connectivity index (χ1v) is 12.4. The molecule has 0 spiro atoms. The van der Waals surface area contributed by atoms with E-state index in [-0.39, 0.29) is 23.2 Å². The zero-order valence-electron chi connectivity index (χ0n) is 19.8. The van der Waals surface area contributed by atoms with Gasteiger partial charge in [-0.25, -0.2) is 4.98 Å². The molecular weight excluding hydrogens is 491 g/mol. The van der Waals surface area contributed by atoms with Gasteiger partial charge in [0.15, 0.2) is 0 Å². The van der Waals surface area contributed by atoms with Crippen molar-refractivity contribution < 1.29 is 27.5 Å². The van der Waals surface area contributed by atoms with Gasteiger partial charge >= 0.3 is 6.18 Å². The smallest absolute Gasteiger partial charge is 0.376 e. The number of alkyl halides is 3. The Bertz CT molecular complexity index is 1220. The molecule has 3 aromatic rings. The molecule has 1 aliphatic heterocycles. The topological polar surface area (TPSA) is 71.5 Å². The summed E-state index contributed by atoms with van der Waals surface area (Å²) >= 11 is 1.14. The number of nitrogens with zero attached hydrogens (tertiary/aromatic N) is 2. The van der Waals surface area contributed by atoms with E-state index >= 15 is 0 Å². The number of nitrogens with one attached hydrogen (secondary N) is 1. The summed E-state index contributed by atoms with van der Waals surface area (Å²) in [6.07, 6.45) is -3.08. The number of thiazole rings is 1. The minimum Gasteiger partial charge on any atom is -0.376 e. The SMILES string of the molecule is Cc1nc(C)c(C(=O)N(c2cccc(C(F)(F)F)c2)C(C(=O)NCC2CCCO2)c2ccccc2)s1. The Morgan fingerprint density at radius 2 is 1.92 bits per heavy atom. The largest absolute Gasteiger partial charge is 0.416 e. The second-order valence-corrected chi connectivity index (χ2v) is 9.77. The third kappa shape index (κ3) is 5.76. The van der Waals surface area contributed by atoms with Crippen molar-refractivity contribution in [1.82, 2.24) is 10.3 Å². The highest BCUT2D eigenvalue weighted by atomic mass is 32.1. The predicted octanol–water partition coefficient (Wildman–Crippen LogP) is 5.46. The monoisotopic (exact) mass is 517 g/mol. The lowest BCUT2D eigenvalue weighted by molar-refractivity contribution is -0.137. The number of hydrogen-bond acceptors (Lipinski definition) is 5. The molecule has 1 aliphatic rings. The average molecular weight is 518 g/mol. The number of rotatable bonds is 7. The summed E-state index contributed by atoms with van der Waals surface area (Å²) in [5, 5.41) is 3.49. The summed E-state index contributed by atoms with van der Waals surface area (Å²) in [7, 11) is 0. The number of hydrogen-bond donors (Lipinski definition) is 1. The average Bonchev–Trinajstić information content (AvgIpc) is 3.49. The normalized spacial score (nSPS) is 16.5. The van der Waals surface area contributed by atoms with Crippen LogP contribution in [0.4, 0.5) is 18.9 Å². The number of amides is 2. The van der Waals surface area contributed by atoms with E-state index in [1.165, 1.54) is 12.1 Å². The number of halogens is 3. The van der Waals surface area contributed by atoms with Crippen LogP contribution in [0.3, 0.4) is 0 Å². The van der Waals surface area contributed by atoms with Gasteiger partial charge in [-0.05, 0) is 50.5 Å². The molecule has 0 aliphatic carbocycles. The van der Waals surface area contributed by atoms with E-state index in [4.69, 9.17) is 4.74 Å². The van der Waals surface area contributed by atoms with E-state index in [1.54, 1.807) is 44.2 Å². The predicted molar refractivity (Wildman–Crippen MR) is 131 cm³/mol. The number of anilines is 1. The molecule has 2 aromatic carbocycles. The number of carbonyl (C=O) groups is 2. The van der Waals surface area contributed by atoms with Crippen molar-refractivity contribution in [1.29, 1.82) is 0 Å². The van der Waals surface area contributed by atoms with Gasteiger partial charge in [-0.2, -0.15) is 13.2 Å². The van der Waals surface area contributed by atoms with E-state index in [0.717, 1.165) is 41.2 Å². The molecular formula is C26H26F3N3O3S. The van der Waals surface area contributed by atoms with Gasteiger partial charge in [0.1, 0.15) is 10.9 Å². The van der Waals surface area contributed by atoms with E-state index in [0.29, 0.717) is 22.9 Å². The molecule has 4 rings (SSSR count). The van der Waals surface area contributed by atoms with Crippen LogP contribution < -0.4 is 10.2 Å². The second kappa shape index (κ2) is 10.8. The van der Waals surface area contributed by atoms with Crippen LogP contribution in [0.5, 0.6) is 0 Å². The Labute approximate surface area is 211 Å². The van der Waals surface area contributed by atoms with Crippen LogP contribution in [0.1, 0.15) is 50.4 Å². The lowest BCUT2D eigenvalue weighted by Gasteiger charge is -2.32. The van der Waals surface area contributed by atoms with Gasteiger partial charge in [0.25, 0.3) is 5.91 Å². The first kappa shape index (κ1) is 25.8. The lowest BCUT2D eigenvalue weighted by atomic mass is 10.0. The summed E-state index contributed by atoms with van der Waals surface area (Å²) in [5.41, 5.74) is -0.0407. The fourth-order valence-electron chi connectivity index (χ4n) is 4.22. The Morgan fingerprint density at radius 1 is 1.17 bits per heavy atom. The molecule has 36 heavy (non-hydrogen) atoms. The minimum atomic E-state index is -4.62. The molecule has 1 fully saturated rings. The van der Waals surface area contributed by atoms with Crippen LogP contribution in [0.2, 0.25) is 0 Å². The molecule has 2 unspecified atom stereocenters. The van der Waals surface area contributed by atoms with Crippen molar-refractivity contribution >= 4 is 28.8 Å². The summed E-state index contributed by atoms with van der Waals surface area (Å²) in [6, 6.07) is 11.8. The Balaban J connectivity index is 1.82. The summed E-state index contributed by atoms with van der Waals surface area (Å²) in [6.45, 7) is 4.26. The molecule has 0 radical (unpaired) electrons. The number of aryl methyl sites for hydroxylation is 2. The maximum atomic E-state index is 13.9. The zero-order chi connectivity index (χ0) is 25.9. The molecule has 1 N–H and O–H groups in total. The van der Waals surface area contributed by atoms with E-state index in [1.807, 2.05) is 0 Å². The van der Waals surface area contributed by atoms with Crippen molar-refractivity contribution in [3.63, 3.8) is 0 Å². The van der Waals surface area contributed by atoms with Gasteiger partial charge in [-0.3, -0.25) is 14.5 Å². The third-order valence-electron chi connectivity index (χ3n) is 5.92. The highest BCUT2D eigenvalue weighted by Crippen LogP contribution is 2.36. The third-order valence-corrected chi connectivity index (χ3v) is 6.98. The first-order valence-electron chi connectivity index (χ1n) is 11.5. The minimum absolute atomic E-state index is 0.0404. The highest BCUT2D eigenvalue weighted by molar-refractivity contribution is 7.13. The highest BCUT2D eigenvalue weighted by Gasteiger charge is 2.37. The first-order chi connectivity index (χ1) is 17.1. The number of ether oxygens (including phenoxy) is 1. The molecule has 10 heteroatoms. The Kier molecular flexibility index (Phi) is 7.75. The molecule has 1 saturated heterocycles. The van der Waals surface area contributed by atoms with E-state index < -0.39 is 29.6 Å². The van der Waals surface area contributed by atoms with Crippen LogP contribution >= 0.6 is 11.3 Å². The van der Waals surface area contributed by atoms with Crippen LogP contribution in [-0.4, -0.2) is 36.1 Å². The van der Waals surface area contributed by atoms with Gasteiger partial charge in [-0.15, -0.1) is 11.3 Å². The van der Waals surface area contributed by atoms with Gasteiger partial charge in [0.05, 0.1) is 22.4 Å². The molecule has 6 nitrogen and oxygen atoms in total. The van der Waals surface area contributed by atoms with E-state index in [2.05, 4.69) is 10.3 Å². The van der Waals surface area contributed by atoms with Crippen LogP contribution in [0, 0.1) is 13.8 Å². The summed E-state index contributed by atoms with van der Waals surface area (Å²) in [5.74, 6) is -1.11. The maximum Gasteiger partial charge on any atom is 0.416 e. The van der Waals surface area contributed by atoms with Crippen molar-refractivity contribution in [2.45, 2.75) is 45.0 Å². The van der Waals surface area contributed by atoms with Gasteiger partial charge < -0.3 is 10.1 Å². The van der Waals surface area contributed by atoms with Crippen molar-refractivity contribution in [2.24, 2.45) is 0 Å². The lowest BCUT2D eigenvalue weighted by Crippen LogP contribution is -2.45. The molecule has 2 amide bonds. The zero-order valence-corrected chi connectivity index (χ0v) is 20.7. The molecule has 0 bridgehead atoms. The number of carbonyl (C=O) groups excluding carboxylic acids is 2. The Morgan fingerprint density at radius 3 is 2.53 bits per heavy atom. The van der Waals surface area contributed by atoms with Gasteiger partial charge in [0.2, 0.25) is 5.91 Å². The van der Waals surface area contributed by atoms with Crippen LogP contribution in [0.15, 0.2) is 54.6 Å². The molecule has 2 atom stereocenters. The second-order valence-electron chi connectivity index (χ2n) is 8.56. The number of aromatic nitrogens is 1. The van der Waals surface area contributed by atoms with Crippen LogP contribution in [0.25, 0.3) is 0 Å². The fraction of sp³-hybridized carbons (Fsp3) is 0.346. The molecule has 0 saturated carbocycles. The van der Waals surface area contributed by atoms with E-state index in [9.17, 15) is 22.8 Å². The molecule has 1 aromatic heterocycles. The van der Waals surface area contributed by atoms with Crippen LogP contribution in [-0.2, 0) is 15.7 Å². The standard InChI is InChI=1S/C26H26F3N3O3S/c1-16-23(36-17(2)31-16)25(34)32(20-11-6-10-19(14-20)26(27,28)29)22(18-8-4-3-5-9-18)24(33)30-15-21-12-7-13-35-21/h3-6,8-11,14,21-22H,7,12-13,15H2,1-2H3,(H,30,33). The summed E-state index contributed by atoms with van der Waals surface area (Å²) in [4.78, 5) is 33.3. The van der Waals surface area contributed by atoms with Crippen molar-refractivity contribution in [3.8, 4) is 0 Å². The summed E-state index contributed by atoms with van der Waals surface area (Å²) < 4.78 is 46.4.